The van der Waals surface area contributed by atoms with E-state index in [1.807, 2.05) is 22.7 Å². The highest BCUT2D eigenvalue weighted by Crippen LogP contribution is 2.57. The van der Waals surface area contributed by atoms with Gasteiger partial charge < -0.3 is 9.80 Å². The van der Waals surface area contributed by atoms with Crippen LogP contribution >= 0.6 is 22.7 Å². The Morgan fingerprint density at radius 2 is 0.403 bits per heavy atom. The zero-order chi connectivity index (χ0) is 48.1. The van der Waals surface area contributed by atoms with Gasteiger partial charge >= 0.3 is 0 Å². The minimum Gasteiger partial charge on any atom is -0.301 e. The summed E-state index contributed by atoms with van der Waals surface area (Å²) in [5, 5.41) is 2.33. The monoisotopic (exact) mass is 956 g/mol. The molecule has 0 fully saturated rings. The summed E-state index contributed by atoms with van der Waals surface area (Å²) in [7, 11) is 0. The van der Waals surface area contributed by atoms with E-state index < -0.39 is 0 Å². The van der Waals surface area contributed by atoms with Crippen molar-refractivity contribution < 1.29 is 0 Å². The molecule has 342 valence electrons. The fourth-order valence-electron chi connectivity index (χ4n) is 9.77. The molecule has 0 amide bonds. The van der Waals surface area contributed by atoms with Crippen molar-refractivity contribution in [2.45, 2.75) is 0 Å². The van der Waals surface area contributed by atoms with Gasteiger partial charge in [0.05, 0.1) is 0 Å². The maximum Gasteiger partial charge on any atom is 0.109 e. The summed E-state index contributed by atoms with van der Waals surface area (Å²) in [5.74, 6) is 0. The van der Waals surface area contributed by atoms with Crippen LogP contribution in [0.3, 0.4) is 0 Å². The Balaban J connectivity index is 0.975. The molecule has 12 rings (SSSR count). The molecule has 0 atom stereocenters. The number of rotatable bonds is 13. The van der Waals surface area contributed by atoms with Gasteiger partial charge in [0.25, 0.3) is 0 Å². The lowest BCUT2D eigenvalue weighted by Crippen LogP contribution is -2.09. The second kappa shape index (κ2) is 20.3. The van der Waals surface area contributed by atoms with Gasteiger partial charge in [0.1, 0.15) is 10.0 Å². The fraction of sp³-hybridized carbons (Fsp3) is 0. The highest BCUT2D eigenvalue weighted by Gasteiger charge is 2.29. The largest absolute Gasteiger partial charge is 0.301 e. The Bertz CT molecular complexity index is 3420. The number of para-hydroxylation sites is 2. The molecular formula is C68H48N2S2. The van der Waals surface area contributed by atoms with Crippen molar-refractivity contribution >= 4 is 55.4 Å². The predicted octanol–water partition coefficient (Wildman–Crippen LogP) is 20.4. The van der Waals surface area contributed by atoms with Crippen LogP contribution in [0.2, 0.25) is 0 Å². The molecule has 0 unspecified atom stereocenters. The maximum absolute atomic E-state index is 2.44. The van der Waals surface area contributed by atoms with E-state index in [-0.39, 0.29) is 0 Å². The quantitative estimate of drug-likeness (QED) is 0.114. The average Bonchev–Trinajstić information content (AvgIpc) is 4.06. The normalized spacial score (nSPS) is 11.1. The highest BCUT2D eigenvalue weighted by atomic mass is 32.1. The first-order valence-electron chi connectivity index (χ1n) is 24.3. The van der Waals surface area contributed by atoms with Crippen LogP contribution in [-0.4, -0.2) is 0 Å². The van der Waals surface area contributed by atoms with E-state index in [1.54, 1.807) is 0 Å². The van der Waals surface area contributed by atoms with Crippen LogP contribution in [-0.2, 0) is 0 Å². The lowest BCUT2D eigenvalue weighted by Gasteiger charge is -2.26. The van der Waals surface area contributed by atoms with Gasteiger partial charge in [0.15, 0.2) is 0 Å². The zero-order valence-electron chi connectivity index (χ0n) is 39.4. The van der Waals surface area contributed by atoms with Crippen LogP contribution in [0.25, 0.3) is 76.5 Å². The molecule has 2 nitrogen and oxygen atoms in total. The highest BCUT2D eigenvalue weighted by molar-refractivity contribution is 7.21. The molecule has 0 spiro atoms. The SMILES string of the molecule is c1ccc(-c2sc(N(c3ccccc3)c3ccc(-c4ccc(N(c5ccccc5)c5sc(-c6ccccc6)c(-c6ccccc6)c5-c5ccccc5)cc4)cc3)c(-c3ccccc3)c2-c2ccccc2)cc1. The molecule has 0 aliphatic rings. The summed E-state index contributed by atoms with van der Waals surface area (Å²) in [5.41, 5.74) is 18.7. The van der Waals surface area contributed by atoms with E-state index in [1.165, 1.54) is 65.4 Å². The first kappa shape index (κ1) is 44.4. The zero-order valence-corrected chi connectivity index (χ0v) is 41.1. The summed E-state index contributed by atoms with van der Waals surface area (Å²) in [4.78, 5) is 7.36. The van der Waals surface area contributed by atoms with Crippen molar-refractivity contribution in [1.82, 2.24) is 0 Å². The van der Waals surface area contributed by atoms with Crippen molar-refractivity contribution in [3.8, 4) is 76.5 Å². The summed E-state index contributed by atoms with van der Waals surface area (Å²) in [6.45, 7) is 0. The molecule has 12 aromatic rings. The predicted molar refractivity (Wildman–Crippen MR) is 310 cm³/mol. The van der Waals surface area contributed by atoms with Gasteiger partial charge in [-0.2, -0.15) is 0 Å². The number of hydrogen-bond acceptors (Lipinski definition) is 4. The lowest BCUT2D eigenvalue weighted by molar-refractivity contribution is 1.31. The average molecular weight is 957 g/mol. The number of anilines is 6. The van der Waals surface area contributed by atoms with Crippen molar-refractivity contribution in [3.05, 3.63) is 291 Å². The first-order chi connectivity index (χ1) is 35.8. The molecule has 2 aromatic heterocycles. The van der Waals surface area contributed by atoms with Gasteiger partial charge in [-0.25, -0.2) is 0 Å². The molecule has 0 aliphatic heterocycles. The number of hydrogen-bond donors (Lipinski definition) is 0. The number of nitrogens with zero attached hydrogens (tertiary/aromatic N) is 2. The molecule has 0 saturated heterocycles. The summed E-state index contributed by atoms with van der Waals surface area (Å²) < 4.78 is 0. The molecule has 0 bridgehead atoms. The van der Waals surface area contributed by atoms with Crippen LogP contribution in [0.4, 0.5) is 32.8 Å². The maximum atomic E-state index is 2.44. The van der Waals surface area contributed by atoms with Crippen molar-refractivity contribution in [2.75, 3.05) is 9.80 Å². The van der Waals surface area contributed by atoms with E-state index >= 15 is 0 Å². The third-order valence-electron chi connectivity index (χ3n) is 13.1. The molecule has 2 heterocycles. The number of benzene rings is 10. The van der Waals surface area contributed by atoms with Crippen molar-refractivity contribution in [2.24, 2.45) is 0 Å². The molecule has 0 saturated carbocycles. The van der Waals surface area contributed by atoms with Crippen molar-refractivity contribution in [3.63, 3.8) is 0 Å². The first-order valence-corrected chi connectivity index (χ1v) is 26.0. The van der Waals surface area contributed by atoms with E-state index in [2.05, 4.69) is 301 Å². The van der Waals surface area contributed by atoms with Crippen LogP contribution in [0.1, 0.15) is 0 Å². The van der Waals surface area contributed by atoms with Gasteiger partial charge in [-0.1, -0.05) is 243 Å². The van der Waals surface area contributed by atoms with E-state index in [4.69, 9.17) is 0 Å². The van der Waals surface area contributed by atoms with Gasteiger partial charge in [0, 0.05) is 54.8 Å². The topological polar surface area (TPSA) is 6.48 Å². The third kappa shape index (κ3) is 8.75. The summed E-state index contributed by atoms with van der Waals surface area (Å²) in [6, 6.07) is 105. The van der Waals surface area contributed by atoms with Crippen molar-refractivity contribution in [1.29, 1.82) is 0 Å². The van der Waals surface area contributed by atoms with E-state index in [0.717, 1.165) is 43.9 Å². The smallest absolute Gasteiger partial charge is 0.109 e. The molecule has 0 N–H and O–H groups in total. The summed E-state index contributed by atoms with van der Waals surface area (Å²) >= 11 is 3.70. The molecule has 72 heavy (non-hydrogen) atoms. The fourth-order valence-corrected chi connectivity index (χ4v) is 12.6. The van der Waals surface area contributed by atoms with E-state index in [9.17, 15) is 0 Å². The minimum absolute atomic E-state index is 1.09. The summed E-state index contributed by atoms with van der Waals surface area (Å²) in [6.07, 6.45) is 0. The van der Waals surface area contributed by atoms with Gasteiger partial charge in [-0.15, -0.1) is 22.7 Å². The Hall–Kier alpha value is -8.80. The van der Waals surface area contributed by atoms with Crippen LogP contribution in [0.5, 0.6) is 0 Å². The van der Waals surface area contributed by atoms with E-state index in [0.29, 0.717) is 0 Å². The molecular weight excluding hydrogens is 909 g/mol. The molecule has 10 aromatic carbocycles. The minimum atomic E-state index is 1.09. The Kier molecular flexibility index (Phi) is 12.5. The second-order valence-electron chi connectivity index (χ2n) is 17.6. The molecule has 0 aliphatic carbocycles. The molecule has 0 radical (unpaired) electrons. The van der Waals surface area contributed by atoms with Crippen LogP contribution < -0.4 is 9.80 Å². The standard InChI is InChI=1S/C68H48N2S2/c1-9-25-51(26-10-1)61-63(53-29-13-3-14-30-53)67(71-65(61)55-33-17-5-18-34-55)69(57-37-21-7-22-38-57)59-45-41-49(42-46-59)50-43-47-60(48-44-50)70(58-39-23-8-24-40-58)68-64(54-31-15-4-16-32-54)62(52-27-11-2-12-28-52)66(72-68)56-35-19-6-20-36-56/h1-48H. The van der Waals surface area contributed by atoms with Gasteiger partial charge in [-0.3, -0.25) is 0 Å². The van der Waals surface area contributed by atoms with Crippen LogP contribution in [0.15, 0.2) is 291 Å². The molecule has 4 heteroatoms. The Labute approximate surface area is 430 Å². The number of thiophene rings is 2. The van der Waals surface area contributed by atoms with Gasteiger partial charge in [0.2, 0.25) is 0 Å². The second-order valence-corrected chi connectivity index (χ2v) is 19.6. The lowest BCUT2D eigenvalue weighted by atomic mass is 9.93. The van der Waals surface area contributed by atoms with Crippen LogP contribution in [0, 0.1) is 0 Å². The Morgan fingerprint density at radius 3 is 0.681 bits per heavy atom. The Morgan fingerprint density at radius 1 is 0.181 bits per heavy atom. The third-order valence-corrected chi connectivity index (χ3v) is 15.6. The van der Waals surface area contributed by atoms with Gasteiger partial charge in [-0.05, 0) is 93.0 Å².